The molecule has 0 radical (unpaired) electrons. The second-order valence-electron chi connectivity index (χ2n) is 6.84. The number of fused-ring (bicyclic) bond motifs is 4. The van der Waals surface area contributed by atoms with Gasteiger partial charge in [-0.1, -0.05) is 23.9 Å². The van der Waals surface area contributed by atoms with Gasteiger partial charge in [0.15, 0.2) is 5.16 Å². The van der Waals surface area contributed by atoms with E-state index in [0.717, 1.165) is 17.9 Å². The lowest BCUT2D eigenvalue weighted by Crippen LogP contribution is -2.22. The average Bonchev–Trinajstić information content (AvgIpc) is 3.25. The van der Waals surface area contributed by atoms with Crippen LogP contribution in [0.3, 0.4) is 0 Å². The fraction of sp³-hybridized carbons (Fsp3) is 0.200. The number of hydrogen-bond acceptors (Lipinski definition) is 3. The smallest absolute Gasteiger partial charge is 0.330 e. The third-order valence-corrected chi connectivity index (χ3v) is 5.98. The van der Waals surface area contributed by atoms with Gasteiger partial charge < -0.3 is 4.57 Å². The fourth-order valence-corrected chi connectivity index (χ4v) is 4.68. The van der Waals surface area contributed by atoms with Crippen molar-refractivity contribution in [3.05, 3.63) is 69.8 Å². The Labute approximate surface area is 165 Å². The van der Waals surface area contributed by atoms with Gasteiger partial charge >= 0.3 is 6.18 Å². The van der Waals surface area contributed by atoms with Crippen molar-refractivity contribution in [3.63, 3.8) is 0 Å². The fourth-order valence-electron chi connectivity index (χ4n) is 3.74. The normalized spacial score (nSPS) is 14.1. The van der Waals surface area contributed by atoms with Crippen LogP contribution in [0.2, 0.25) is 0 Å². The van der Waals surface area contributed by atoms with Crippen molar-refractivity contribution in [1.29, 1.82) is 0 Å². The van der Waals surface area contributed by atoms with Gasteiger partial charge in [0.1, 0.15) is 16.9 Å². The molecule has 0 amide bonds. The van der Waals surface area contributed by atoms with E-state index in [-0.39, 0.29) is 17.6 Å². The number of benzene rings is 2. The maximum atomic E-state index is 13.9. The van der Waals surface area contributed by atoms with Crippen LogP contribution in [0.4, 0.5) is 17.6 Å². The molecule has 2 aromatic carbocycles. The van der Waals surface area contributed by atoms with E-state index in [1.54, 1.807) is 15.2 Å². The number of alkyl halides is 3. The van der Waals surface area contributed by atoms with E-state index < -0.39 is 17.6 Å². The Morgan fingerprint density at radius 3 is 2.76 bits per heavy atom. The zero-order chi connectivity index (χ0) is 20.3. The summed E-state index contributed by atoms with van der Waals surface area (Å²) < 4.78 is 56.4. The van der Waals surface area contributed by atoms with Crippen molar-refractivity contribution in [2.75, 3.05) is 5.75 Å². The van der Waals surface area contributed by atoms with Crippen LogP contribution in [0, 0.1) is 5.82 Å². The molecule has 4 aromatic rings. The summed E-state index contributed by atoms with van der Waals surface area (Å²) in [5.74, 6) is 0.250. The van der Waals surface area contributed by atoms with E-state index in [1.807, 2.05) is 0 Å². The van der Waals surface area contributed by atoms with Crippen LogP contribution in [-0.2, 0) is 19.3 Å². The second-order valence-corrected chi connectivity index (χ2v) is 7.90. The Morgan fingerprint density at radius 1 is 1.14 bits per heavy atom. The first-order chi connectivity index (χ1) is 13.8. The standard InChI is InChI=1S/C20H13F4N3OS/c21-13-4-5-15-14(9-13)16-17(18(28)26-6-7-29-19(26)25-16)27(15)10-11-2-1-3-12(8-11)20(22,23)24/h1-5,8-9H,6-7,10H2. The van der Waals surface area contributed by atoms with Crippen LogP contribution in [0.15, 0.2) is 52.4 Å². The van der Waals surface area contributed by atoms with Crippen molar-refractivity contribution in [2.45, 2.75) is 24.4 Å². The Balaban J connectivity index is 1.78. The molecule has 0 bridgehead atoms. The highest BCUT2D eigenvalue weighted by Crippen LogP contribution is 2.33. The van der Waals surface area contributed by atoms with Gasteiger partial charge in [-0.25, -0.2) is 9.37 Å². The summed E-state index contributed by atoms with van der Waals surface area (Å²) in [6.07, 6.45) is -4.46. The lowest BCUT2D eigenvalue weighted by Gasteiger charge is -2.11. The van der Waals surface area contributed by atoms with Gasteiger partial charge in [0, 0.05) is 24.2 Å². The first-order valence-electron chi connectivity index (χ1n) is 8.84. The number of nitrogens with zero attached hydrogens (tertiary/aromatic N) is 3. The molecule has 0 spiro atoms. The van der Waals surface area contributed by atoms with Crippen LogP contribution in [-0.4, -0.2) is 19.9 Å². The van der Waals surface area contributed by atoms with Crippen LogP contribution >= 0.6 is 11.8 Å². The van der Waals surface area contributed by atoms with Crippen molar-refractivity contribution < 1.29 is 17.6 Å². The number of aromatic nitrogens is 3. The van der Waals surface area contributed by atoms with E-state index in [4.69, 9.17) is 0 Å². The Hall–Kier alpha value is -2.81. The molecule has 0 saturated heterocycles. The topological polar surface area (TPSA) is 39.8 Å². The zero-order valence-electron chi connectivity index (χ0n) is 14.8. The molecular formula is C20H13F4N3OS. The van der Waals surface area contributed by atoms with Crippen LogP contribution < -0.4 is 5.56 Å². The molecule has 148 valence electrons. The predicted octanol–water partition coefficient (Wildman–Crippen LogP) is 4.66. The van der Waals surface area contributed by atoms with Gasteiger partial charge in [0.2, 0.25) is 0 Å². The van der Waals surface area contributed by atoms with E-state index in [1.165, 1.54) is 36.0 Å². The molecule has 3 heterocycles. The van der Waals surface area contributed by atoms with E-state index in [9.17, 15) is 22.4 Å². The summed E-state index contributed by atoms with van der Waals surface area (Å²) in [4.78, 5) is 17.7. The summed E-state index contributed by atoms with van der Waals surface area (Å²) in [5, 5.41) is 1.05. The van der Waals surface area contributed by atoms with Crippen molar-refractivity contribution in [3.8, 4) is 0 Å². The molecule has 0 atom stereocenters. The minimum Gasteiger partial charge on any atom is -0.330 e. The van der Waals surface area contributed by atoms with Gasteiger partial charge in [0.05, 0.1) is 11.1 Å². The molecule has 0 unspecified atom stereocenters. The molecule has 2 aromatic heterocycles. The predicted molar refractivity (Wildman–Crippen MR) is 103 cm³/mol. The van der Waals surface area contributed by atoms with Gasteiger partial charge in [-0.15, -0.1) is 0 Å². The zero-order valence-corrected chi connectivity index (χ0v) is 15.6. The van der Waals surface area contributed by atoms with E-state index >= 15 is 0 Å². The Kier molecular flexibility index (Phi) is 3.99. The second kappa shape index (κ2) is 6.35. The number of halogens is 4. The summed E-state index contributed by atoms with van der Waals surface area (Å²) in [7, 11) is 0. The van der Waals surface area contributed by atoms with Crippen molar-refractivity contribution >= 4 is 33.7 Å². The van der Waals surface area contributed by atoms with Gasteiger partial charge in [-0.2, -0.15) is 13.2 Å². The molecule has 0 aliphatic carbocycles. The monoisotopic (exact) mass is 419 g/mol. The van der Waals surface area contributed by atoms with Crippen LogP contribution in [0.1, 0.15) is 11.1 Å². The summed E-state index contributed by atoms with van der Waals surface area (Å²) in [5.41, 5.74) is 0.568. The van der Waals surface area contributed by atoms with Crippen molar-refractivity contribution in [2.24, 2.45) is 0 Å². The van der Waals surface area contributed by atoms with E-state index in [0.29, 0.717) is 33.7 Å². The molecule has 4 nitrogen and oxygen atoms in total. The van der Waals surface area contributed by atoms with Gasteiger partial charge in [0.25, 0.3) is 5.56 Å². The lowest BCUT2D eigenvalue weighted by atomic mass is 10.1. The molecule has 1 aliphatic rings. The minimum absolute atomic E-state index is 0.0406. The highest BCUT2D eigenvalue weighted by molar-refractivity contribution is 7.99. The average molecular weight is 419 g/mol. The third-order valence-electron chi connectivity index (χ3n) is 5.03. The number of rotatable bonds is 2. The quantitative estimate of drug-likeness (QED) is 0.350. The molecule has 0 fully saturated rings. The molecule has 5 rings (SSSR count). The van der Waals surface area contributed by atoms with Gasteiger partial charge in [-0.3, -0.25) is 9.36 Å². The first-order valence-corrected chi connectivity index (χ1v) is 9.83. The highest BCUT2D eigenvalue weighted by Gasteiger charge is 2.30. The minimum atomic E-state index is -4.46. The number of hydrogen-bond donors (Lipinski definition) is 0. The summed E-state index contributed by atoms with van der Waals surface area (Å²) >= 11 is 1.45. The SMILES string of the molecule is O=c1c2c(nc3n1CCS3)c1cc(F)ccc1n2Cc1cccc(C(F)(F)F)c1. The van der Waals surface area contributed by atoms with Crippen molar-refractivity contribution in [1.82, 2.24) is 14.1 Å². The molecular weight excluding hydrogens is 406 g/mol. The molecule has 0 N–H and O–H groups in total. The largest absolute Gasteiger partial charge is 0.416 e. The summed E-state index contributed by atoms with van der Waals surface area (Å²) in [6.45, 7) is 0.556. The first kappa shape index (κ1) is 18.2. The Morgan fingerprint density at radius 2 is 1.97 bits per heavy atom. The van der Waals surface area contributed by atoms with Crippen LogP contribution in [0.5, 0.6) is 0 Å². The van der Waals surface area contributed by atoms with E-state index in [2.05, 4.69) is 4.98 Å². The van der Waals surface area contributed by atoms with Gasteiger partial charge in [-0.05, 0) is 35.9 Å². The lowest BCUT2D eigenvalue weighted by molar-refractivity contribution is -0.137. The maximum Gasteiger partial charge on any atom is 0.416 e. The summed E-state index contributed by atoms with van der Waals surface area (Å²) in [6, 6.07) is 9.09. The number of thioether (sulfide) groups is 1. The molecule has 0 saturated carbocycles. The Bertz CT molecular complexity index is 1340. The molecule has 29 heavy (non-hydrogen) atoms. The van der Waals surface area contributed by atoms with Crippen LogP contribution in [0.25, 0.3) is 21.9 Å². The maximum absolute atomic E-state index is 13.9. The molecule has 1 aliphatic heterocycles. The molecule has 9 heteroatoms. The third kappa shape index (κ3) is 2.91. The highest BCUT2D eigenvalue weighted by atomic mass is 32.2.